The van der Waals surface area contributed by atoms with E-state index in [0.29, 0.717) is 22.0 Å². The summed E-state index contributed by atoms with van der Waals surface area (Å²) in [6.45, 7) is 3.71. The Bertz CT molecular complexity index is 853. The minimum absolute atomic E-state index is 0.0982. The molecule has 0 saturated carbocycles. The molecule has 1 aliphatic heterocycles. The lowest BCUT2D eigenvalue weighted by Gasteiger charge is -2.17. The summed E-state index contributed by atoms with van der Waals surface area (Å²) in [6.07, 6.45) is 0.0982. The van der Waals surface area contributed by atoms with E-state index in [9.17, 15) is 14.0 Å². The highest BCUT2D eigenvalue weighted by atomic mass is 35.5. The van der Waals surface area contributed by atoms with Crippen LogP contribution in [0.2, 0.25) is 5.02 Å². The van der Waals surface area contributed by atoms with Crippen LogP contribution in [0.15, 0.2) is 36.4 Å². The van der Waals surface area contributed by atoms with E-state index in [1.165, 1.54) is 11.0 Å². The van der Waals surface area contributed by atoms with E-state index >= 15 is 0 Å². The van der Waals surface area contributed by atoms with E-state index in [0.717, 1.165) is 5.56 Å². The van der Waals surface area contributed by atoms with Crippen LogP contribution in [0.1, 0.15) is 17.5 Å². The molecule has 6 heteroatoms. The van der Waals surface area contributed by atoms with Gasteiger partial charge >= 0.3 is 0 Å². The fourth-order valence-electron chi connectivity index (χ4n) is 2.86. The van der Waals surface area contributed by atoms with Crippen LogP contribution in [0.25, 0.3) is 0 Å². The summed E-state index contributed by atoms with van der Waals surface area (Å²) < 4.78 is 13.8. The number of halogens is 2. The number of anilines is 2. The SMILES string of the molecule is Cc1ccc(N2C[C@H](C(=O)Nc3cccc(Cl)c3C)CC2=O)cc1F. The van der Waals surface area contributed by atoms with Crippen molar-refractivity contribution >= 4 is 34.8 Å². The zero-order valence-electron chi connectivity index (χ0n) is 14.0. The lowest BCUT2D eigenvalue weighted by molar-refractivity contribution is -0.122. The molecule has 0 bridgehead atoms. The summed E-state index contributed by atoms with van der Waals surface area (Å²) in [5.41, 5.74) is 2.40. The molecule has 1 saturated heterocycles. The summed E-state index contributed by atoms with van der Waals surface area (Å²) in [5.74, 6) is -1.29. The smallest absolute Gasteiger partial charge is 0.229 e. The standard InChI is InChI=1S/C19H18ClFN2O2/c1-11-6-7-14(9-16(11)21)23-10-13(8-18(23)24)19(25)22-17-5-3-4-15(20)12(17)2/h3-7,9,13H,8,10H2,1-2H3,(H,22,25)/t13-/m1/s1. The number of nitrogens with zero attached hydrogens (tertiary/aromatic N) is 1. The third-order valence-electron chi connectivity index (χ3n) is 4.49. The Morgan fingerprint density at radius 2 is 2.04 bits per heavy atom. The summed E-state index contributed by atoms with van der Waals surface area (Å²) in [4.78, 5) is 26.2. The number of rotatable bonds is 3. The van der Waals surface area contributed by atoms with Gasteiger partial charge in [-0.2, -0.15) is 0 Å². The van der Waals surface area contributed by atoms with Crippen LogP contribution in [0, 0.1) is 25.6 Å². The highest BCUT2D eigenvalue weighted by molar-refractivity contribution is 6.31. The van der Waals surface area contributed by atoms with Crippen LogP contribution >= 0.6 is 11.6 Å². The number of hydrogen-bond acceptors (Lipinski definition) is 2. The van der Waals surface area contributed by atoms with E-state index in [-0.39, 0.29) is 30.6 Å². The van der Waals surface area contributed by atoms with Gasteiger partial charge in [0, 0.05) is 29.4 Å². The van der Waals surface area contributed by atoms with Crippen molar-refractivity contribution in [3.05, 3.63) is 58.4 Å². The monoisotopic (exact) mass is 360 g/mol. The van der Waals surface area contributed by atoms with E-state index in [4.69, 9.17) is 11.6 Å². The van der Waals surface area contributed by atoms with Crippen molar-refractivity contribution in [2.75, 3.05) is 16.8 Å². The molecule has 2 aromatic rings. The normalized spacial score (nSPS) is 17.0. The number of carbonyl (C=O) groups excluding carboxylic acids is 2. The Labute approximate surface area is 150 Å². The Hall–Kier alpha value is -2.40. The molecule has 25 heavy (non-hydrogen) atoms. The molecular weight excluding hydrogens is 343 g/mol. The fourth-order valence-corrected chi connectivity index (χ4v) is 3.03. The van der Waals surface area contributed by atoms with Crippen molar-refractivity contribution in [2.45, 2.75) is 20.3 Å². The van der Waals surface area contributed by atoms with Gasteiger partial charge in [-0.25, -0.2) is 4.39 Å². The number of aryl methyl sites for hydroxylation is 1. The maximum Gasteiger partial charge on any atom is 0.229 e. The lowest BCUT2D eigenvalue weighted by atomic mass is 10.1. The molecule has 1 aliphatic rings. The van der Waals surface area contributed by atoms with Gasteiger partial charge in [0.25, 0.3) is 0 Å². The molecule has 2 amide bonds. The maximum absolute atomic E-state index is 13.8. The van der Waals surface area contributed by atoms with Crippen molar-refractivity contribution in [1.82, 2.24) is 0 Å². The number of carbonyl (C=O) groups is 2. The van der Waals surface area contributed by atoms with E-state index in [1.54, 1.807) is 37.3 Å². The largest absolute Gasteiger partial charge is 0.325 e. The van der Waals surface area contributed by atoms with Gasteiger partial charge in [0.2, 0.25) is 11.8 Å². The molecule has 2 aromatic carbocycles. The van der Waals surface area contributed by atoms with Crippen molar-refractivity contribution in [3.8, 4) is 0 Å². The van der Waals surface area contributed by atoms with Gasteiger partial charge in [-0.1, -0.05) is 23.7 Å². The first-order valence-corrected chi connectivity index (χ1v) is 8.37. The molecule has 1 heterocycles. The third kappa shape index (κ3) is 3.51. The quantitative estimate of drug-likeness (QED) is 0.896. The number of hydrogen-bond donors (Lipinski definition) is 1. The molecule has 4 nitrogen and oxygen atoms in total. The number of nitrogens with one attached hydrogen (secondary N) is 1. The highest BCUT2D eigenvalue weighted by Gasteiger charge is 2.35. The maximum atomic E-state index is 13.8. The molecule has 1 atom stereocenters. The average Bonchev–Trinajstić information content (AvgIpc) is 2.96. The summed E-state index contributed by atoms with van der Waals surface area (Å²) in [6, 6.07) is 9.92. The Morgan fingerprint density at radius 3 is 2.76 bits per heavy atom. The molecule has 1 fully saturated rings. The van der Waals surface area contributed by atoms with Gasteiger partial charge in [-0.05, 0) is 49.2 Å². The van der Waals surface area contributed by atoms with Gasteiger partial charge in [0.15, 0.2) is 0 Å². The molecule has 0 radical (unpaired) electrons. The molecule has 0 aliphatic carbocycles. The van der Waals surface area contributed by atoms with Crippen LogP contribution in [0.3, 0.4) is 0 Å². The van der Waals surface area contributed by atoms with Crippen molar-refractivity contribution in [1.29, 1.82) is 0 Å². The Balaban J connectivity index is 1.74. The van der Waals surface area contributed by atoms with Crippen LogP contribution in [0.5, 0.6) is 0 Å². The predicted molar refractivity (Wildman–Crippen MR) is 96.4 cm³/mol. The van der Waals surface area contributed by atoms with E-state index in [2.05, 4.69) is 5.32 Å². The topological polar surface area (TPSA) is 49.4 Å². The second kappa shape index (κ2) is 6.84. The molecule has 0 spiro atoms. The van der Waals surface area contributed by atoms with Gasteiger partial charge < -0.3 is 10.2 Å². The zero-order chi connectivity index (χ0) is 18.1. The fraction of sp³-hybridized carbons (Fsp3) is 0.263. The van der Waals surface area contributed by atoms with Crippen molar-refractivity contribution in [2.24, 2.45) is 5.92 Å². The van der Waals surface area contributed by atoms with Crippen molar-refractivity contribution in [3.63, 3.8) is 0 Å². The first-order valence-electron chi connectivity index (χ1n) is 7.99. The first kappa shape index (κ1) is 17.4. The van der Waals surface area contributed by atoms with Crippen LogP contribution in [-0.4, -0.2) is 18.4 Å². The van der Waals surface area contributed by atoms with Crippen LogP contribution in [-0.2, 0) is 9.59 Å². The van der Waals surface area contributed by atoms with Crippen LogP contribution in [0.4, 0.5) is 15.8 Å². The van der Waals surface area contributed by atoms with E-state index in [1.807, 2.05) is 6.92 Å². The van der Waals surface area contributed by atoms with Gasteiger partial charge in [-0.3, -0.25) is 9.59 Å². The number of benzene rings is 2. The minimum Gasteiger partial charge on any atom is -0.325 e. The van der Waals surface area contributed by atoms with Crippen molar-refractivity contribution < 1.29 is 14.0 Å². The zero-order valence-corrected chi connectivity index (χ0v) is 14.7. The average molecular weight is 361 g/mol. The Kier molecular flexibility index (Phi) is 4.77. The third-order valence-corrected chi connectivity index (χ3v) is 4.90. The predicted octanol–water partition coefficient (Wildman–Crippen LogP) is 4.09. The molecule has 0 aromatic heterocycles. The second-order valence-corrected chi connectivity index (χ2v) is 6.65. The molecular formula is C19H18ClFN2O2. The summed E-state index contributed by atoms with van der Waals surface area (Å²) in [5, 5.41) is 3.40. The summed E-state index contributed by atoms with van der Waals surface area (Å²) in [7, 11) is 0. The van der Waals surface area contributed by atoms with Gasteiger partial charge in [-0.15, -0.1) is 0 Å². The van der Waals surface area contributed by atoms with Crippen LogP contribution < -0.4 is 10.2 Å². The second-order valence-electron chi connectivity index (χ2n) is 6.24. The summed E-state index contributed by atoms with van der Waals surface area (Å²) >= 11 is 6.06. The molecule has 130 valence electrons. The molecule has 3 rings (SSSR count). The van der Waals surface area contributed by atoms with E-state index < -0.39 is 5.92 Å². The minimum atomic E-state index is -0.491. The molecule has 0 unspecified atom stereocenters. The highest BCUT2D eigenvalue weighted by Crippen LogP contribution is 2.28. The van der Waals surface area contributed by atoms with Gasteiger partial charge in [0.1, 0.15) is 5.82 Å². The van der Waals surface area contributed by atoms with Gasteiger partial charge in [0.05, 0.1) is 5.92 Å². The molecule has 1 N–H and O–H groups in total. The number of amides is 2. The first-order chi connectivity index (χ1) is 11.9. The lowest BCUT2D eigenvalue weighted by Crippen LogP contribution is -2.28. The Morgan fingerprint density at radius 1 is 1.28 bits per heavy atom.